The van der Waals surface area contributed by atoms with Gasteiger partial charge in [0.2, 0.25) is 0 Å². The lowest BCUT2D eigenvalue weighted by Gasteiger charge is -2.22. The van der Waals surface area contributed by atoms with E-state index in [1.165, 1.54) is 7.11 Å². The Morgan fingerprint density at radius 2 is 1.77 bits per heavy atom. The third-order valence-electron chi connectivity index (χ3n) is 4.38. The number of aliphatic hydroxyl groups excluding tert-OH is 1. The van der Waals surface area contributed by atoms with E-state index in [0.29, 0.717) is 12.3 Å². The fourth-order valence-electron chi connectivity index (χ4n) is 2.81. The van der Waals surface area contributed by atoms with Crippen molar-refractivity contribution in [2.75, 3.05) is 33.5 Å². The molecule has 2 rings (SSSR count). The maximum atomic E-state index is 11.1. The van der Waals surface area contributed by atoms with E-state index >= 15 is 0 Å². The molecule has 0 radical (unpaired) electrons. The van der Waals surface area contributed by atoms with Crippen molar-refractivity contribution in [1.29, 1.82) is 0 Å². The number of rotatable bonds is 12. The van der Waals surface area contributed by atoms with E-state index in [2.05, 4.69) is 17.0 Å². The van der Waals surface area contributed by atoms with Crippen molar-refractivity contribution in [3.8, 4) is 11.5 Å². The SMILES string of the molecule is COC(=O)COc1ccc(CC(C)NCC(OCCO)c2ccc(O)cc2)cc1.Cl. The molecule has 2 unspecified atom stereocenters. The number of nitrogens with one attached hydrogen (secondary N) is 1. The third-order valence-corrected chi connectivity index (χ3v) is 4.38. The van der Waals surface area contributed by atoms with Gasteiger partial charge >= 0.3 is 5.97 Å². The van der Waals surface area contributed by atoms with Crippen LogP contribution in [-0.4, -0.2) is 55.7 Å². The second kappa shape index (κ2) is 13.8. The first kappa shape index (κ1) is 25.7. The van der Waals surface area contributed by atoms with Gasteiger partial charge < -0.3 is 29.7 Å². The summed E-state index contributed by atoms with van der Waals surface area (Å²) in [7, 11) is 1.32. The molecule has 0 amide bonds. The quantitative estimate of drug-likeness (QED) is 0.437. The molecule has 2 aromatic carbocycles. The highest BCUT2D eigenvalue weighted by Gasteiger charge is 2.14. The number of esters is 1. The highest BCUT2D eigenvalue weighted by Crippen LogP contribution is 2.20. The van der Waals surface area contributed by atoms with Crippen molar-refractivity contribution in [2.45, 2.75) is 25.5 Å². The molecule has 0 fully saturated rings. The summed E-state index contributed by atoms with van der Waals surface area (Å²) in [5.41, 5.74) is 2.07. The number of ether oxygens (including phenoxy) is 3. The molecule has 0 aromatic heterocycles. The van der Waals surface area contributed by atoms with Crippen LogP contribution in [0.25, 0.3) is 0 Å². The van der Waals surface area contributed by atoms with E-state index in [1.54, 1.807) is 12.1 Å². The fraction of sp³-hybridized carbons (Fsp3) is 0.409. The molecule has 2 aromatic rings. The Morgan fingerprint density at radius 1 is 1.10 bits per heavy atom. The van der Waals surface area contributed by atoms with E-state index in [4.69, 9.17) is 14.6 Å². The average Bonchev–Trinajstić information content (AvgIpc) is 2.74. The molecule has 0 aliphatic heterocycles. The minimum Gasteiger partial charge on any atom is -0.508 e. The lowest BCUT2D eigenvalue weighted by atomic mass is 10.1. The predicted molar refractivity (Wildman–Crippen MR) is 116 cm³/mol. The van der Waals surface area contributed by atoms with Crippen LogP contribution in [0.3, 0.4) is 0 Å². The van der Waals surface area contributed by atoms with Gasteiger partial charge in [-0.15, -0.1) is 12.4 Å². The zero-order chi connectivity index (χ0) is 21.1. The van der Waals surface area contributed by atoms with Gasteiger partial charge in [-0.25, -0.2) is 4.79 Å². The summed E-state index contributed by atoms with van der Waals surface area (Å²) in [6, 6.07) is 14.6. The van der Waals surface area contributed by atoms with Crippen molar-refractivity contribution in [2.24, 2.45) is 0 Å². The topological polar surface area (TPSA) is 97.3 Å². The summed E-state index contributed by atoms with van der Waals surface area (Å²) >= 11 is 0. The normalized spacial score (nSPS) is 12.5. The van der Waals surface area contributed by atoms with Gasteiger partial charge in [0.1, 0.15) is 11.5 Å². The van der Waals surface area contributed by atoms with Gasteiger partial charge in [0.05, 0.1) is 26.4 Å². The third kappa shape index (κ3) is 9.00. The fourth-order valence-corrected chi connectivity index (χ4v) is 2.81. The van der Waals surface area contributed by atoms with Crippen molar-refractivity contribution in [3.63, 3.8) is 0 Å². The number of halogens is 1. The van der Waals surface area contributed by atoms with Crippen LogP contribution >= 0.6 is 12.4 Å². The number of hydrogen-bond donors (Lipinski definition) is 3. The van der Waals surface area contributed by atoms with Crippen molar-refractivity contribution < 1.29 is 29.2 Å². The van der Waals surface area contributed by atoms with Gasteiger partial charge in [-0.1, -0.05) is 24.3 Å². The molecule has 0 aliphatic rings. The number of methoxy groups -OCH3 is 1. The molecule has 7 nitrogen and oxygen atoms in total. The maximum Gasteiger partial charge on any atom is 0.343 e. The van der Waals surface area contributed by atoms with Gasteiger partial charge in [-0.2, -0.15) is 0 Å². The average molecular weight is 440 g/mol. The van der Waals surface area contributed by atoms with Crippen LogP contribution in [0.2, 0.25) is 0 Å². The van der Waals surface area contributed by atoms with Gasteiger partial charge in [0.25, 0.3) is 0 Å². The number of benzene rings is 2. The zero-order valence-corrected chi connectivity index (χ0v) is 18.1. The first-order valence-electron chi connectivity index (χ1n) is 9.55. The number of aliphatic hydroxyl groups is 1. The van der Waals surface area contributed by atoms with Crippen LogP contribution in [0.4, 0.5) is 0 Å². The Bertz CT molecular complexity index is 738. The second-order valence-electron chi connectivity index (χ2n) is 6.70. The first-order valence-corrected chi connectivity index (χ1v) is 9.55. The number of aromatic hydroxyl groups is 1. The zero-order valence-electron chi connectivity index (χ0n) is 17.2. The molecule has 30 heavy (non-hydrogen) atoms. The molecule has 3 N–H and O–H groups in total. The summed E-state index contributed by atoms with van der Waals surface area (Å²) in [6.45, 7) is 2.75. The molecule has 0 saturated carbocycles. The lowest BCUT2D eigenvalue weighted by molar-refractivity contribution is -0.142. The summed E-state index contributed by atoms with van der Waals surface area (Å²) in [6.07, 6.45) is 0.582. The Kier molecular flexibility index (Phi) is 11.8. The van der Waals surface area contributed by atoms with E-state index in [1.807, 2.05) is 36.4 Å². The van der Waals surface area contributed by atoms with Crippen molar-refractivity contribution in [3.05, 3.63) is 59.7 Å². The van der Waals surface area contributed by atoms with Crippen molar-refractivity contribution in [1.82, 2.24) is 5.32 Å². The van der Waals surface area contributed by atoms with Crippen LogP contribution < -0.4 is 10.1 Å². The van der Waals surface area contributed by atoms with Crippen LogP contribution in [-0.2, 0) is 20.7 Å². The molecular weight excluding hydrogens is 410 g/mol. The standard InChI is InChI=1S/C22H29NO6.ClH/c1-16(13-17-3-9-20(10-4-17)29-15-22(26)27-2)23-14-21(28-12-11-24)18-5-7-19(25)8-6-18;/h3-10,16,21,23-25H,11-15H2,1-2H3;1H. The molecule has 2 atom stereocenters. The highest BCUT2D eigenvalue weighted by molar-refractivity contribution is 5.85. The molecule has 8 heteroatoms. The van der Waals surface area contributed by atoms with Crippen molar-refractivity contribution >= 4 is 18.4 Å². The minimum absolute atomic E-state index is 0. The lowest BCUT2D eigenvalue weighted by Crippen LogP contribution is -2.33. The Morgan fingerprint density at radius 3 is 2.37 bits per heavy atom. The van der Waals surface area contributed by atoms with Crippen LogP contribution in [0.15, 0.2) is 48.5 Å². The van der Waals surface area contributed by atoms with Gasteiger partial charge in [0, 0.05) is 12.6 Å². The highest BCUT2D eigenvalue weighted by atomic mass is 35.5. The second-order valence-corrected chi connectivity index (χ2v) is 6.70. The van der Waals surface area contributed by atoms with Crippen LogP contribution in [0.5, 0.6) is 11.5 Å². The molecule has 166 valence electrons. The summed E-state index contributed by atoms with van der Waals surface area (Å²) in [5.74, 6) is 0.401. The largest absolute Gasteiger partial charge is 0.508 e. The Labute approximate surface area is 183 Å². The van der Waals surface area contributed by atoms with E-state index in [0.717, 1.165) is 17.5 Å². The molecule has 0 spiro atoms. The summed E-state index contributed by atoms with van der Waals surface area (Å²) < 4.78 is 15.6. The van der Waals surface area contributed by atoms with E-state index in [-0.39, 0.29) is 50.1 Å². The van der Waals surface area contributed by atoms with Gasteiger partial charge in [-0.05, 0) is 48.7 Å². The molecule has 0 aliphatic carbocycles. The monoisotopic (exact) mass is 439 g/mol. The molecular formula is C22H30ClNO6. The number of carbonyl (C=O) groups excluding carboxylic acids is 1. The van der Waals surface area contributed by atoms with E-state index in [9.17, 15) is 9.90 Å². The van der Waals surface area contributed by atoms with Gasteiger partial charge in [0.15, 0.2) is 6.61 Å². The molecule has 0 bridgehead atoms. The smallest absolute Gasteiger partial charge is 0.343 e. The number of phenolic OH excluding ortho intramolecular Hbond substituents is 1. The minimum atomic E-state index is -0.418. The Balaban J connectivity index is 0.00000450. The van der Waals surface area contributed by atoms with Crippen LogP contribution in [0, 0.1) is 0 Å². The number of hydrogen-bond acceptors (Lipinski definition) is 7. The number of carbonyl (C=O) groups is 1. The maximum absolute atomic E-state index is 11.1. The molecule has 0 heterocycles. The molecule has 0 saturated heterocycles. The summed E-state index contributed by atoms with van der Waals surface area (Å²) in [5, 5.41) is 22.0. The predicted octanol–water partition coefficient (Wildman–Crippen LogP) is 2.64. The Hall–Kier alpha value is -2.32. The first-order chi connectivity index (χ1) is 14.0. The van der Waals surface area contributed by atoms with Gasteiger partial charge in [-0.3, -0.25) is 0 Å². The van der Waals surface area contributed by atoms with Crippen LogP contribution in [0.1, 0.15) is 24.2 Å². The van der Waals surface area contributed by atoms with E-state index < -0.39 is 5.97 Å². The number of phenols is 1. The summed E-state index contributed by atoms with van der Waals surface area (Å²) in [4.78, 5) is 11.1.